The van der Waals surface area contributed by atoms with Crippen LogP contribution in [0.4, 0.5) is 0 Å². The van der Waals surface area contributed by atoms with E-state index in [0.29, 0.717) is 11.8 Å². The Morgan fingerprint density at radius 3 is 2.63 bits per heavy atom. The standard InChI is InChI=1S/C16H25NO2/c1-13(2)17-11-16(8-3-9-19-12-16)10-14-4-6-15(18)7-5-14/h4-7,13,17-18H,3,8-12H2,1-2H3. The molecule has 1 aliphatic heterocycles. The molecule has 0 bridgehead atoms. The van der Waals surface area contributed by atoms with Gasteiger partial charge in [0.2, 0.25) is 0 Å². The predicted molar refractivity (Wildman–Crippen MR) is 77.4 cm³/mol. The fraction of sp³-hybridized carbons (Fsp3) is 0.625. The van der Waals surface area contributed by atoms with Gasteiger partial charge in [0.25, 0.3) is 0 Å². The van der Waals surface area contributed by atoms with Crippen LogP contribution in [0.15, 0.2) is 24.3 Å². The third-order valence-corrected chi connectivity index (χ3v) is 3.80. The van der Waals surface area contributed by atoms with Gasteiger partial charge in [0.1, 0.15) is 5.75 Å². The minimum absolute atomic E-state index is 0.194. The molecule has 1 saturated heterocycles. The summed E-state index contributed by atoms with van der Waals surface area (Å²) in [7, 11) is 0. The van der Waals surface area contributed by atoms with Crippen molar-refractivity contribution in [2.24, 2.45) is 5.41 Å². The number of nitrogens with one attached hydrogen (secondary N) is 1. The van der Waals surface area contributed by atoms with E-state index in [1.807, 2.05) is 12.1 Å². The maximum atomic E-state index is 9.37. The molecule has 106 valence electrons. The van der Waals surface area contributed by atoms with E-state index in [1.54, 1.807) is 12.1 Å². The van der Waals surface area contributed by atoms with E-state index in [4.69, 9.17) is 4.74 Å². The third kappa shape index (κ3) is 4.22. The monoisotopic (exact) mass is 263 g/mol. The van der Waals surface area contributed by atoms with Crippen LogP contribution in [0.1, 0.15) is 32.3 Å². The summed E-state index contributed by atoms with van der Waals surface area (Å²) in [4.78, 5) is 0. The molecule has 0 spiro atoms. The second kappa shape index (κ2) is 6.40. The smallest absolute Gasteiger partial charge is 0.115 e. The number of aromatic hydroxyl groups is 1. The predicted octanol–water partition coefficient (Wildman–Crippen LogP) is 2.73. The quantitative estimate of drug-likeness (QED) is 0.858. The fourth-order valence-electron chi connectivity index (χ4n) is 2.72. The minimum Gasteiger partial charge on any atom is -0.508 e. The number of rotatable bonds is 5. The molecule has 1 atom stereocenters. The van der Waals surface area contributed by atoms with Crippen molar-refractivity contribution >= 4 is 0 Å². The van der Waals surface area contributed by atoms with Crippen LogP contribution in [0.3, 0.4) is 0 Å². The molecule has 19 heavy (non-hydrogen) atoms. The van der Waals surface area contributed by atoms with Crippen molar-refractivity contribution in [2.75, 3.05) is 19.8 Å². The molecule has 3 nitrogen and oxygen atoms in total. The van der Waals surface area contributed by atoms with Crippen molar-refractivity contribution in [3.63, 3.8) is 0 Å². The van der Waals surface area contributed by atoms with Crippen molar-refractivity contribution in [1.82, 2.24) is 5.32 Å². The molecule has 0 aliphatic carbocycles. The number of benzene rings is 1. The summed E-state index contributed by atoms with van der Waals surface area (Å²) >= 11 is 0. The minimum atomic E-state index is 0.194. The second-order valence-electron chi connectivity index (χ2n) is 6.03. The van der Waals surface area contributed by atoms with E-state index in [-0.39, 0.29) is 5.41 Å². The average molecular weight is 263 g/mol. The third-order valence-electron chi connectivity index (χ3n) is 3.80. The summed E-state index contributed by atoms with van der Waals surface area (Å²) in [6, 6.07) is 8.06. The van der Waals surface area contributed by atoms with Crippen LogP contribution in [0.2, 0.25) is 0 Å². The van der Waals surface area contributed by atoms with Gasteiger partial charge in [-0.3, -0.25) is 0 Å². The molecule has 0 aromatic heterocycles. The van der Waals surface area contributed by atoms with Crippen LogP contribution in [-0.2, 0) is 11.2 Å². The Morgan fingerprint density at radius 2 is 2.05 bits per heavy atom. The first-order valence-corrected chi connectivity index (χ1v) is 7.19. The Labute approximate surface area is 116 Å². The summed E-state index contributed by atoms with van der Waals surface area (Å²) in [6.07, 6.45) is 3.35. The molecule has 2 rings (SSSR count). The fourth-order valence-corrected chi connectivity index (χ4v) is 2.72. The molecule has 3 heteroatoms. The maximum absolute atomic E-state index is 9.37. The molecule has 1 unspecified atom stereocenters. The first kappa shape index (κ1) is 14.4. The largest absolute Gasteiger partial charge is 0.508 e. The average Bonchev–Trinajstić information content (AvgIpc) is 2.41. The lowest BCUT2D eigenvalue weighted by molar-refractivity contribution is -0.00802. The van der Waals surface area contributed by atoms with Gasteiger partial charge in [0.15, 0.2) is 0 Å². The van der Waals surface area contributed by atoms with Crippen LogP contribution in [0, 0.1) is 5.41 Å². The van der Waals surface area contributed by atoms with Crippen molar-refractivity contribution in [1.29, 1.82) is 0 Å². The Hall–Kier alpha value is -1.06. The number of ether oxygens (including phenoxy) is 1. The van der Waals surface area contributed by atoms with E-state index in [9.17, 15) is 5.11 Å². The van der Waals surface area contributed by atoms with Gasteiger partial charge >= 0.3 is 0 Å². The molecular formula is C16H25NO2. The molecule has 2 N–H and O–H groups in total. The number of phenolic OH excluding ortho intramolecular Hbond substituents is 1. The van der Waals surface area contributed by atoms with Crippen molar-refractivity contribution < 1.29 is 9.84 Å². The van der Waals surface area contributed by atoms with Gasteiger partial charge in [-0.1, -0.05) is 26.0 Å². The molecule has 1 aliphatic rings. The van der Waals surface area contributed by atoms with Crippen molar-refractivity contribution in [3.05, 3.63) is 29.8 Å². The molecule has 0 amide bonds. The molecule has 1 aromatic carbocycles. The Bertz CT molecular complexity index is 380. The van der Waals surface area contributed by atoms with Gasteiger partial charge in [-0.05, 0) is 37.0 Å². The first-order chi connectivity index (χ1) is 9.10. The summed E-state index contributed by atoms with van der Waals surface area (Å²) in [5, 5.41) is 12.9. The van der Waals surface area contributed by atoms with E-state index < -0.39 is 0 Å². The van der Waals surface area contributed by atoms with Crippen LogP contribution >= 0.6 is 0 Å². The van der Waals surface area contributed by atoms with E-state index >= 15 is 0 Å². The van der Waals surface area contributed by atoms with E-state index in [2.05, 4.69) is 19.2 Å². The summed E-state index contributed by atoms with van der Waals surface area (Å²) in [6.45, 7) is 7.06. The maximum Gasteiger partial charge on any atom is 0.115 e. The van der Waals surface area contributed by atoms with Gasteiger partial charge in [0.05, 0.1) is 6.61 Å². The highest BCUT2D eigenvalue weighted by atomic mass is 16.5. The van der Waals surface area contributed by atoms with Crippen molar-refractivity contribution in [2.45, 2.75) is 39.2 Å². The molecular weight excluding hydrogens is 238 g/mol. The first-order valence-electron chi connectivity index (χ1n) is 7.19. The van der Waals surface area contributed by atoms with Crippen LogP contribution in [0.5, 0.6) is 5.75 Å². The molecule has 1 heterocycles. The van der Waals surface area contributed by atoms with Crippen LogP contribution in [-0.4, -0.2) is 30.9 Å². The number of hydrogen-bond acceptors (Lipinski definition) is 3. The topological polar surface area (TPSA) is 41.5 Å². The lowest BCUT2D eigenvalue weighted by atomic mass is 9.77. The van der Waals surface area contributed by atoms with E-state index in [1.165, 1.54) is 12.0 Å². The van der Waals surface area contributed by atoms with Gasteiger partial charge in [0, 0.05) is 24.6 Å². The second-order valence-corrected chi connectivity index (χ2v) is 6.03. The highest BCUT2D eigenvalue weighted by Crippen LogP contribution is 2.32. The van der Waals surface area contributed by atoms with Gasteiger partial charge in [-0.25, -0.2) is 0 Å². The highest BCUT2D eigenvalue weighted by molar-refractivity contribution is 5.26. The Morgan fingerprint density at radius 1 is 1.32 bits per heavy atom. The number of hydrogen-bond donors (Lipinski definition) is 2. The van der Waals surface area contributed by atoms with Gasteiger partial charge in [-0.2, -0.15) is 0 Å². The lowest BCUT2D eigenvalue weighted by Crippen LogP contribution is -2.44. The summed E-state index contributed by atoms with van der Waals surface area (Å²) < 4.78 is 5.72. The highest BCUT2D eigenvalue weighted by Gasteiger charge is 2.33. The zero-order valence-electron chi connectivity index (χ0n) is 12.0. The zero-order chi connectivity index (χ0) is 13.7. The van der Waals surface area contributed by atoms with Gasteiger partial charge in [-0.15, -0.1) is 0 Å². The van der Waals surface area contributed by atoms with Crippen LogP contribution < -0.4 is 5.32 Å². The lowest BCUT2D eigenvalue weighted by Gasteiger charge is -2.38. The molecule has 0 saturated carbocycles. The molecule has 0 radical (unpaired) electrons. The molecule has 1 aromatic rings. The van der Waals surface area contributed by atoms with Gasteiger partial charge < -0.3 is 15.2 Å². The summed E-state index contributed by atoms with van der Waals surface area (Å²) in [5.74, 6) is 0.331. The SMILES string of the molecule is CC(C)NCC1(Cc2ccc(O)cc2)CCCOC1. The molecule has 1 fully saturated rings. The number of phenols is 1. The van der Waals surface area contributed by atoms with Crippen molar-refractivity contribution in [3.8, 4) is 5.75 Å². The summed E-state index contributed by atoms with van der Waals surface area (Å²) in [5.41, 5.74) is 1.47. The zero-order valence-corrected chi connectivity index (χ0v) is 12.0. The Balaban J connectivity index is 2.06. The Kier molecular flexibility index (Phi) is 4.83. The normalized spacial score (nSPS) is 23.7. The van der Waals surface area contributed by atoms with Crippen LogP contribution in [0.25, 0.3) is 0 Å². The van der Waals surface area contributed by atoms with E-state index in [0.717, 1.165) is 32.6 Å².